The Kier molecular flexibility index (Phi) is 4.03. The lowest BCUT2D eigenvalue weighted by Crippen LogP contribution is -1.82. The summed E-state index contributed by atoms with van der Waals surface area (Å²) >= 11 is 0. The van der Waals surface area contributed by atoms with Crippen LogP contribution in [0.25, 0.3) is 0 Å². The van der Waals surface area contributed by atoms with Crippen molar-refractivity contribution in [2.24, 2.45) is 0 Å². The zero-order valence-electron chi connectivity index (χ0n) is 7.47. The Morgan fingerprint density at radius 2 is 1.91 bits per heavy atom. The maximum Gasteiger partial charge on any atom is -0.0320 e. The molecule has 1 aliphatic rings. The summed E-state index contributed by atoms with van der Waals surface area (Å²) in [4.78, 5) is 0. The molecule has 0 aliphatic heterocycles. The van der Waals surface area contributed by atoms with Crippen LogP contribution >= 0.6 is 0 Å². The molecule has 0 saturated carbocycles. The molecule has 1 rings (SSSR count). The van der Waals surface area contributed by atoms with Crippen LogP contribution in [-0.2, 0) is 0 Å². The van der Waals surface area contributed by atoms with Gasteiger partial charge in [-0.3, -0.25) is 0 Å². The molecule has 0 aromatic carbocycles. The second-order valence-corrected chi connectivity index (χ2v) is 3.39. The summed E-state index contributed by atoms with van der Waals surface area (Å²) in [6, 6.07) is 0. The second kappa shape index (κ2) is 5.17. The van der Waals surface area contributed by atoms with E-state index < -0.39 is 0 Å². The Morgan fingerprint density at radius 3 is 2.82 bits per heavy atom. The molecule has 11 heavy (non-hydrogen) atoms. The van der Waals surface area contributed by atoms with Gasteiger partial charge in [-0.05, 0) is 32.6 Å². The van der Waals surface area contributed by atoms with Gasteiger partial charge in [0.1, 0.15) is 0 Å². The van der Waals surface area contributed by atoms with E-state index in [9.17, 15) is 0 Å². The van der Waals surface area contributed by atoms with Gasteiger partial charge in [0.15, 0.2) is 0 Å². The third-order valence-electron chi connectivity index (χ3n) is 2.21. The van der Waals surface area contributed by atoms with Crippen molar-refractivity contribution in [3.05, 3.63) is 23.8 Å². The normalized spacial score (nSPS) is 21.0. The molecule has 0 aromatic heterocycles. The van der Waals surface area contributed by atoms with Crippen molar-refractivity contribution in [2.75, 3.05) is 0 Å². The number of hydrogen-bond donors (Lipinski definition) is 0. The number of allylic oxidation sites excluding steroid dienone is 4. The molecule has 62 valence electrons. The van der Waals surface area contributed by atoms with Crippen molar-refractivity contribution in [1.82, 2.24) is 0 Å². The molecule has 0 radical (unpaired) electrons. The molecular formula is C11H18. The van der Waals surface area contributed by atoms with Crippen molar-refractivity contribution in [1.29, 1.82) is 0 Å². The lowest BCUT2D eigenvalue weighted by molar-refractivity contribution is 0.642. The third-order valence-corrected chi connectivity index (χ3v) is 2.21. The van der Waals surface area contributed by atoms with Gasteiger partial charge in [-0.2, -0.15) is 0 Å². The number of rotatable bonds is 0. The third kappa shape index (κ3) is 4.02. The summed E-state index contributed by atoms with van der Waals surface area (Å²) in [5, 5.41) is 0. The fourth-order valence-electron chi connectivity index (χ4n) is 1.43. The van der Waals surface area contributed by atoms with E-state index in [1.165, 1.54) is 44.1 Å². The van der Waals surface area contributed by atoms with Crippen LogP contribution in [0.5, 0.6) is 0 Å². The van der Waals surface area contributed by atoms with E-state index >= 15 is 0 Å². The largest absolute Gasteiger partial charge is 0.0845 e. The zero-order chi connectivity index (χ0) is 7.94. The van der Waals surface area contributed by atoms with Crippen LogP contribution in [0, 0.1) is 0 Å². The highest BCUT2D eigenvalue weighted by molar-refractivity contribution is 5.10. The van der Waals surface area contributed by atoms with Crippen LogP contribution in [0.4, 0.5) is 0 Å². The number of hydrogen-bond acceptors (Lipinski definition) is 0. The van der Waals surface area contributed by atoms with Gasteiger partial charge in [-0.15, -0.1) is 0 Å². The average molecular weight is 150 g/mol. The quantitative estimate of drug-likeness (QED) is 0.492. The molecule has 0 unspecified atom stereocenters. The minimum Gasteiger partial charge on any atom is -0.0845 e. The standard InChI is InChI=1S/C11H18/c1-11-9-7-5-3-2-4-6-8-10-11/h5,7,9H,2-4,6,8,10H2,1H3. The first-order valence-electron chi connectivity index (χ1n) is 4.72. The summed E-state index contributed by atoms with van der Waals surface area (Å²) in [5.74, 6) is 0. The first-order valence-corrected chi connectivity index (χ1v) is 4.72. The van der Waals surface area contributed by atoms with Gasteiger partial charge >= 0.3 is 0 Å². The van der Waals surface area contributed by atoms with E-state index in [1.807, 2.05) is 0 Å². The lowest BCUT2D eigenvalue weighted by Gasteiger charge is -2.02. The maximum atomic E-state index is 2.29. The smallest absolute Gasteiger partial charge is 0.0320 e. The molecule has 0 N–H and O–H groups in total. The van der Waals surface area contributed by atoms with Crippen LogP contribution in [0.1, 0.15) is 45.4 Å². The van der Waals surface area contributed by atoms with E-state index in [0.29, 0.717) is 0 Å². The van der Waals surface area contributed by atoms with Crippen LogP contribution < -0.4 is 0 Å². The summed E-state index contributed by atoms with van der Waals surface area (Å²) in [5.41, 5.74) is 1.53. The SMILES string of the molecule is CC1=CC=CCCCCCC1. The second-order valence-electron chi connectivity index (χ2n) is 3.39. The van der Waals surface area contributed by atoms with Gasteiger partial charge in [0.2, 0.25) is 0 Å². The van der Waals surface area contributed by atoms with Crippen LogP contribution in [0.15, 0.2) is 23.8 Å². The molecule has 0 heterocycles. The Bertz CT molecular complexity index is 151. The monoisotopic (exact) mass is 150 g/mol. The predicted octanol–water partition coefficient (Wildman–Crippen LogP) is 3.84. The Labute approximate surface area is 70.0 Å². The highest BCUT2D eigenvalue weighted by Gasteiger charge is 1.92. The molecular weight excluding hydrogens is 132 g/mol. The predicted molar refractivity (Wildman–Crippen MR) is 50.6 cm³/mol. The molecule has 0 saturated heterocycles. The fourth-order valence-corrected chi connectivity index (χ4v) is 1.43. The van der Waals surface area contributed by atoms with E-state index in [4.69, 9.17) is 0 Å². The van der Waals surface area contributed by atoms with Gasteiger partial charge in [0, 0.05) is 0 Å². The van der Waals surface area contributed by atoms with Gasteiger partial charge < -0.3 is 0 Å². The molecule has 0 heteroatoms. The van der Waals surface area contributed by atoms with Crippen molar-refractivity contribution >= 4 is 0 Å². The first kappa shape index (κ1) is 8.58. The van der Waals surface area contributed by atoms with Crippen molar-refractivity contribution in [3.8, 4) is 0 Å². The van der Waals surface area contributed by atoms with Crippen LogP contribution in [0.2, 0.25) is 0 Å². The molecule has 0 amide bonds. The van der Waals surface area contributed by atoms with Gasteiger partial charge in [-0.25, -0.2) is 0 Å². The van der Waals surface area contributed by atoms with Gasteiger partial charge in [0.25, 0.3) is 0 Å². The average Bonchev–Trinajstić information content (AvgIpc) is 2.03. The topological polar surface area (TPSA) is 0 Å². The highest BCUT2D eigenvalue weighted by Crippen LogP contribution is 2.12. The minimum atomic E-state index is 1.27. The van der Waals surface area contributed by atoms with E-state index in [-0.39, 0.29) is 0 Å². The lowest BCUT2D eigenvalue weighted by atomic mass is 10.0. The Hall–Kier alpha value is -0.520. The summed E-state index contributed by atoms with van der Waals surface area (Å²) in [6.07, 6.45) is 14.9. The first-order chi connectivity index (χ1) is 5.39. The van der Waals surface area contributed by atoms with E-state index in [2.05, 4.69) is 25.2 Å². The van der Waals surface area contributed by atoms with E-state index in [0.717, 1.165) is 0 Å². The Balaban J connectivity index is 2.40. The molecule has 0 aromatic rings. The van der Waals surface area contributed by atoms with Crippen molar-refractivity contribution < 1.29 is 0 Å². The molecule has 0 nitrogen and oxygen atoms in total. The van der Waals surface area contributed by atoms with Gasteiger partial charge in [-0.1, -0.05) is 36.6 Å². The van der Waals surface area contributed by atoms with Crippen LogP contribution in [0.3, 0.4) is 0 Å². The van der Waals surface area contributed by atoms with Crippen molar-refractivity contribution in [2.45, 2.75) is 45.4 Å². The van der Waals surface area contributed by atoms with Crippen LogP contribution in [-0.4, -0.2) is 0 Å². The minimum absolute atomic E-state index is 1.27. The molecule has 0 bridgehead atoms. The Morgan fingerprint density at radius 1 is 1.09 bits per heavy atom. The molecule has 0 spiro atoms. The summed E-state index contributed by atoms with van der Waals surface area (Å²) in [7, 11) is 0. The van der Waals surface area contributed by atoms with E-state index in [1.54, 1.807) is 0 Å². The van der Waals surface area contributed by atoms with Gasteiger partial charge in [0.05, 0.1) is 0 Å². The summed E-state index contributed by atoms with van der Waals surface area (Å²) in [6.45, 7) is 2.23. The molecule has 0 atom stereocenters. The molecule has 1 aliphatic carbocycles. The highest BCUT2D eigenvalue weighted by atomic mass is 14.0. The van der Waals surface area contributed by atoms with Crippen molar-refractivity contribution in [3.63, 3.8) is 0 Å². The maximum absolute atomic E-state index is 2.29. The summed E-state index contributed by atoms with van der Waals surface area (Å²) < 4.78 is 0. The fraction of sp³-hybridized carbons (Fsp3) is 0.636. The zero-order valence-corrected chi connectivity index (χ0v) is 7.47. The molecule has 0 fully saturated rings.